The quantitative estimate of drug-likeness (QED) is 0.786. The minimum absolute atomic E-state index is 0.148. The zero-order chi connectivity index (χ0) is 16.7. The van der Waals surface area contributed by atoms with Crippen molar-refractivity contribution in [1.82, 2.24) is 10.6 Å². The van der Waals surface area contributed by atoms with Crippen molar-refractivity contribution < 1.29 is 9.59 Å². The molecular formula is C17H16Cl2N2O2. The molecule has 0 spiro atoms. The SMILES string of the molecule is O=C(Cc1ccccc1Cl)NCCNC(=O)c1ccccc1Cl. The second kappa shape index (κ2) is 8.56. The molecule has 120 valence electrons. The predicted octanol–water partition coefficient (Wildman–Crippen LogP) is 3.08. The lowest BCUT2D eigenvalue weighted by molar-refractivity contribution is -0.120. The smallest absolute Gasteiger partial charge is 0.252 e. The molecule has 4 nitrogen and oxygen atoms in total. The Kier molecular flexibility index (Phi) is 6.44. The summed E-state index contributed by atoms with van der Waals surface area (Å²) < 4.78 is 0. The molecule has 0 aliphatic rings. The van der Waals surface area contributed by atoms with Gasteiger partial charge in [0.15, 0.2) is 0 Å². The van der Waals surface area contributed by atoms with E-state index in [4.69, 9.17) is 23.2 Å². The van der Waals surface area contributed by atoms with E-state index in [1.807, 2.05) is 12.1 Å². The summed E-state index contributed by atoms with van der Waals surface area (Å²) in [6.07, 6.45) is 0.206. The van der Waals surface area contributed by atoms with Gasteiger partial charge in [0.2, 0.25) is 5.91 Å². The molecule has 2 N–H and O–H groups in total. The minimum Gasteiger partial charge on any atom is -0.354 e. The van der Waals surface area contributed by atoms with Crippen LogP contribution in [0.3, 0.4) is 0 Å². The second-order valence-electron chi connectivity index (χ2n) is 4.85. The Bertz CT molecular complexity index is 704. The van der Waals surface area contributed by atoms with Crippen LogP contribution in [0.25, 0.3) is 0 Å². The summed E-state index contributed by atoms with van der Waals surface area (Å²) in [4.78, 5) is 23.8. The maximum Gasteiger partial charge on any atom is 0.252 e. The molecule has 0 aromatic heterocycles. The van der Waals surface area contributed by atoms with E-state index in [2.05, 4.69) is 10.6 Å². The lowest BCUT2D eigenvalue weighted by atomic mass is 10.1. The Hall–Kier alpha value is -2.04. The Balaban J connectivity index is 1.73. The molecular weight excluding hydrogens is 335 g/mol. The van der Waals surface area contributed by atoms with Gasteiger partial charge in [-0.2, -0.15) is 0 Å². The second-order valence-corrected chi connectivity index (χ2v) is 5.67. The number of halogens is 2. The summed E-state index contributed by atoms with van der Waals surface area (Å²) >= 11 is 11.9. The van der Waals surface area contributed by atoms with E-state index < -0.39 is 0 Å². The summed E-state index contributed by atoms with van der Waals surface area (Å²) in [6, 6.07) is 14.0. The van der Waals surface area contributed by atoms with Crippen molar-refractivity contribution in [2.45, 2.75) is 6.42 Å². The van der Waals surface area contributed by atoms with Crippen molar-refractivity contribution >= 4 is 35.0 Å². The van der Waals surface area contributed by atoms with Crippen LogP contribution >= 0.6 is 23.2 Å². The first-order chi connectivity index (χ1) is 11.1. The Morgan fingerprint density at radius 1 is 0.826 bits per heavy atom. The summed E-state index contributed by atoms with van der Waals surface area (Å²) in [7, 11) is 0. The van der Waals surface area contributed by atoms with E-state index in [1.165, 1.54) is 0 Å². The van der Waals surface area contributed by atoms with Gasteiger partial charge < -0.3 is 10.6 Å². The normalized spacial score (nSPS) is 10.2. The topological polar surface area (TPSA) is 58.2 Å². The zero-order valence-electron chi connectivity index (χ0n) is 12.3. The molecule has 2 aromatic carbocycles. The average Bonchev–Trinajstić information content (AvgIpc) is 2.54. The molecule has 0 unspecified atom stereocenters. The van der Waals surface area contributed by atoms with Gasteiger partial charge in [-0.1, -0.05) is 53.5 Å². The fourth-order valence-corrected chi connectivity index (χ4v) is 2.42. The van der Waals surface area contributed by atoms with E-state index in [1.54, 1.807) is 36.4 Å². The van der Waals surface area contributed by atoms with Crippen molar-refractivity contribution in [1.29, 1.82) is 0 Å². The molecule has 0 radical (unpaired) electrons. The highest BCUT2D eigenvalue weighted by Gasteiger charge is 2.09. The third-order valence-electron chi connectivity index (χ3n) is 3.16. The van der Waals surface area contributed by atoms with E-state index in [9.17, 15) is 9.59 Å². The molecule has 2 amide bonds. The fraction of sp³-hybridized carbons (Fsp3) is 0.176. The van der Waals surface area contributed by atoms with Crippen LogP contribution in [0, 0.1) is 0 Å². The molecule has 23 heavy (non-hydrogen) atoms. The van der Waals surface area contributed by atoms with Gasteiger partial charge in [0, 0.05) is 18.1 Å². The molecule has 0 fully saturated rings. The Morgan fingerprint density at radius 2 is 1.43 bits per heavy atom. The first kappa shape index (κ1) is 17.3. The highest BCUT2D eigenvalue weighted by molar-refractivity contribution is 6.33. The van der Waals surface area contributed by atoms with Crippen LogP contribution in [-0.4, -0.2) is 24.9 Å². The van der Waals surface area contributed by atoms with Crippen LogP contribution in [0.5, 0.6) is 0 Å². The van der Waals surface area contributed by atoms with Gasteiger partial charge in [-0.15, -0.1) is 0 Å². The van der Waals surface area contributed by atoms with Crippen molar-refractivity contribution in [3.05, 3.63) is 69.7 Å². The molecule has 2 rings (SSSR count). The highest BCUT2D eigenvalue weighted by Crippen LogP contribution is 2.15. The van der Waals surface area contributed by atoms with E-state index in [0.29, 0.717) is 28.7 Å². The van der Waals surface area contributed by atoms with Gasteiger partial charge in [-0.05, 0) is 23.8 Å². The molecule has 2 aromatic rings. The van der Waals surface area contributed by atoms with Crippen molar-refractivity contribution in [3.63, 3.8) is 0 Å². The number of hydrogen-bond donors (Lipinski definition) is 2. The van der Waals surface area contributed by atoms with Crippen LogP contribution in [0.4, 0.5) is 0 Å². The number of rotatable bonds is 6. The van der Waals surface area contributed by atoms with Gasteiger partial charge in [-0.25, -0.2) is 0 Å². The van der Waals surface area contributed by atoms with Gasteiger partial charge in [0.25, 0.3) is 5.91 Å². The standard InChI is InChI=1S/C17H16Cl2N2O2/c18-14-7-3-1-5-12(14)11-16(22)20-9-10-21-17(23)13-6-2-4-8-15(13)19/h1-8H,9-11H2,(H,20,22)(H,21,23). The number of nitrogens with one attached hydrogen (secondary N) is 2. The summed E-state index contributed by atoms with van der Waals surface area (Å²) in [5.74, 6) is -0.416. The van der Waals surface area contributed by atoms with Crippen molar-refractivity contribution in [3.8, 4) is 0 Å². The molecule has 0 heterocycles. The van der Waals surface area contributed by atoms with Crippen LogP contribution in [0.1, 0.15) is 15.9 Å². The van der Waals surface area contributed by atoms with Crippen LogP contribution < -0.4 is 10.6 Å². The molecule has 0 saturated carbocycles. The summed E-state index contributed by atoms with van der Waals surface area (Å²) in [6.45, 7) is 0.651. The average molecular weight is 351 g/mol. The number of carbonyl (C=O) groups excluding carboxylic acids is 2. The van der Waals surface area contributed by atoms with Crippen molar-refractivity contribution in [2.24, 2.45) is 0 Å². The summed E-state index contributed by atoms with van der Waals surface area (Å²) in [5, 5.41) is 6.40. The Morgan fingerprint density at radius 3 is 2.13 bits per heavy atom. The van der Waals surface area contributed by atoms with E-state index in [-0.39, 0.29) is 18.2 Å². The third kappa shape index (κ3) is 5.27. The van der Waals surface area contributed by atoms with Crippen LogP contribution in [0.15, 0.2) is 48.5 Å². The summed E-state index contributed by atoms with van der Waals surface area (Å²) in [5.41, 5.74) is 1.18. The maximum atomic E-state index is 11.9. The van der Waals surface area contributed by atoms with Gasteiger partial charge in [0.05, 0.1) is 17.0 Å². The van der Waals surface area contributed by atoms with E-state index in [0.717, 1.165) is 5.56 Å². The fourth-order valence-electron chi connectivity index (χ4n) is 2.00. The number of benzene rings is 2. The van der Waals surface area contributed by atoms with E-state index >= 15 is 0 Å². The molecule has 0 atom stereocenters. The lowest BCUT2D eigenvalue weighted by Crippen LogP contribution is -2.35. The maximum absolute atomic E-state index is 11.9. The molecule has 0 saturated heterocycles. The van der Waals surface area contributed by atoms with Gasteiger partial charge >= 0.3 is 0 Å². The van der Waals surface area contributed by atoms with Crippen LogP contribution in [0.2, 0.25) is 10.0 Å². The van der Waals surface area contributed by atoms with Gasteiger partial charge in [0.1, 0.15) is 0 Å². The monoisotopic (exact) mass is 350 g/mol. The van der Waals surface area contributed by atoms with Crippen molar-refractivity contribution in [2.75, 3.05) is 13.1 Å². The zero-order valence-corrected chi connectivity index (χ0v) is 13.8. The minimum atomic E-state index is -0.268. The number of hydrogen-bond acceptors (Lipinski definition) is 2. The lowest BCUT2D eigenvalue weighted by Gasteiger charge is -2.08. The number of carbonyl (C=O) groups is 2. The molecule has 0 aliphatic heterocycles. The first-order valence-corrected chi connectivity index (χ1v) is 7.86. The third-order valence-corrected chi connectivity index (χ3v) is 3.86. The Labute approximate surface area is 144 Å². The molecule has 0 aliphatic carbocycles. The number of amides is 2. The highest BCUT2D eigenvalue weighted by atomic mass is 35.5. The molecule has 0 bridgehead atoms. The first-order valence-electron chi connectivity index (χ1n) is 7.11. The molecule has 6 heteroatoms. The predicted molar refractivity (Wildman–Crippen MR) is 92.0 cm³/mol. The largest absolute Gasteiger partial charge is 0.354 e. The van der Waals surface area contributed by atoms with Gasteiger partial charge in [-0.3, -0.25) is 9.59 Å². The van der Waals surface area contributed by atoms with Crippen LogP contribution in [-0.2, 0) is 11.2 Å².